The summed E-state index contributed by atoms with van der Waals surface area (Å²) in [5.41, 5.74) is 3.00. The van der Waals surface area contributed by atoms with Crippen LogP contribution < -0.4 is 14.5 Å². The normalized spacial score (nSPS) is 17.5. The van der Waals surface area contributed by atoms with E-state index in [9.17, 15) is 14.7 Å². The first-order valence-electron chi connectivity index (χ1n) is 15.5. The quantitative estimate of drug-likeness (QED) is 0.309. The van der Waals surface area contributed by atoms with Crippen molar-refractivity contribution in [2.45, 2.75) is 26.3 Å². The van der Waals surface area contributed by atoms with Gasteiger partial charge in [-0.2, -0.15) is 0 Å². The minimum atomic E-state index is -0.0335. The number of rotatable bonds is 8. The fourth-order valence-corrected chi connectivity index (χ4v) is 6.57. The summed E-state index contributed by atoms with van der Waals surface area (Å²) >= 11 is 0. The topological polar surface area (TPSA) is 106 Å². The van der Waals surface area contributed by atoms with Crippen LogP contribution in [-0.4, -0.2) is 114 Å². The highest BCUT2D eigenvalue weighted by Crippen LogP contribution is 2.45. The molecule has 6 rings (SSSR count). The number of hydrogen-bond donors (Lipinski definition) is 1. The summed E-state index contributed by atoms with van der Waals surface area (Å²) in [5, 5.41) is 13.2. The van der Waals surface area contributed by atoms with Crippen molar-refractivity contribution in [1.82, 2.24) is 24.7 Å². The fourth-order valence-electron chi connectivity index (χ4n) is 6.57. The van der Waals surface area contributed by atoms with E-state index in [1.54, 1.807) is 19.3 Å². The zero-order valence-corrected chi connectivity index (χ0v) is 25.5. The Kier molecular flexibility index (Phi) is 8.83. The van der Waals surface area contributed by atoms with Crippen LogP contribution in [0.25, 0.3) is 10.8 Å². The fraction of sp³-hybridized carbons (Fsp3) is 0.455. The Bertz CT molecular complexity index is 1530. The number of ether oxygens (including phenoxy) is 1. The smallest absolute Gasteiger partial charge is 0.246 e. The van der Waals surface area contributed by atoms with Crippen molar-refractivity contribution >= 4 is 34.1 Å². The number of nitrogens with zero attached hydrogens (tertiary/aromatic N) is 7. The van der Waals surface area contributed by atoms with Crippen molar-refractivity contribution < 1.29 is 19.4 Å². The van der Waals surface area contributed by atoms with Crippen LogP contribution in [0.4, 0.5) is 11.5 Å². The lowest BCUT2D eigenvalue weighted by molar-refractivity contribution is -0.130. The highest BCUT2D eigenvalue weighted by atomic mass is 16.5. The predicted molar refractivity (Wildman–Crippen MR) is 170 cm³/mol. The molecule has 1 N–H and O–H groups in total. The molecule has 3 aromatic rings. The van der Waals surface area contributed by atoms with E-state index < -0.39 is 0 Å². The molecule has 232 valence electrons. The van der Waals surface area contributed by atoms with Gasteiger partial charge in [0, 0.05) is 83.3 Å². The van der Waals surface area contributed by atoms with Gasteiger partial charge in [-0.3, -0.25) is 14.5 Å². The maximum atomic E-state index is 12.1. The molecular weight excluding hydrogens is 558 g/mol. The molecule has 0 aliphatic carbocycles. The van der Waals surface area contributed by atoms with Gasteiger partial charge in [0.15, 0.2) is 11.5 Å². The average molecular weight is 600 g/mol. The van der Waals surface area contributed by atoms with Crippen LogP contribution in [0.3, 0.4) is 0 Å². The van der Waals surface area contributed by atoms with Crippen LogP contribution in [-0.2, 0) is 22.6 Å². The number of benzene rings is 2. The third-order valence-electron chi connectivity index (χ3n) is 9.00. The summed E-state index contributed by atoms with van der Waals surface area (Å²) in [6.45, 7) is 13.9. The number of phenols is 1. The molecule has 2 fully saturated rings. The highest BCUT2D eigenvalue weighted by molar-refractivity contribution is 5.99. The molecule has 11 nitrogen and oxygen atoms in total. The van der Waals surface area contributed by atoms with E-state index in [2.05, 4.69) is 32.3 Å². The van der Waals surface area contributed by atoms with Gasteiger partial charge in [0.25, 0.3) is 0 Å². The van der Waals surface area contributed by atoms with E-state index in [0.717, 1.165) is 85.6 Å². The van der Waals surface area contributed by atoms with Crippen molar-refractivity contribution in [1.29, 1.82) is 0 Å². The number of piperazine rings is 2. The monoisotopic (exact) mass is 599 g/mol. The SMILES string of the molecule is C=CC(=O)N1CCN(c2ncnc3c2CCN(c2c(OCCCN4CCN(C(C)=O)CC4)c(O)cc4ccccc24)C3)CC1. The molecule has 4 heterocycles. The van der Waals surface area contributed by atoms with Gasteiger partial charge in [-0.05, 0) is 30.4 Å². The molecule has 0 atom stereocenters. The first-order chi connectivity index (χ1) is 21.4. The lowest BCUT2D eigenvalue weighted by Gasteiger charge is -2.38. The van der Waals surface area contributed by atoms with Crippen LogP contribution in [0.1, 0.15) is 24.6 Å². The summed E-state index contributed by atoms with van der Waals surface area (Å²) in [6.07, 6.45) is 4.58. The van der Waals surface area contributed by atoms with Crippen molar-refractivity contribution in [3.63, 3.8) is 0 Å². The van der Waals surface area contributed by atoms with Gasteiger partial charge in [-0.15, -0.1) is 0 Å². The predicted octanol–water partition coefficient (Wildman–Crippen LogP) is 2.67. The Hall–Kier alpha value is -4.38. The van der Waals surface area contributed by atoms with Crippen molar-refractivity contribution in [2.24, 2.45) is 0 Å². The third kappa shape index (κ3) is 6.14. The second-order valence-corrected chi connectivity index (χ2v) is 11.7. The molecular formula is C33H41N7O4. The standard InChI is InChI=1S/C33H41N7O4/c1-3-30(43)38-16-18-39(19-17-38)33-27-9-11-40(22-28(27)34-23-35-33)31-26-8-5-4-7-25(26)21-29(42)32(31)44-20-6-10-36-12-14-37(15-13-36)24(2)41/h3-5,7-8,21,23,42H,1,6,9-20,22H2,2H3. The molecule has 0 spiro atoms. The van der Waals surface area contributed by atoms with Gasteiger partial charge in [0.05, 0.1) is 24.5 Å². The first-order valence-corrected chi connectivity index (χ1v) is 15.5. The van der Waals surface area contributed by atoms with Crippen molar-refractivity contribution in [2.75, 3.05) is 81.9 Å². The van der Waals surface area contributed by atoms with Crippen LogP contribution in [0, 0.1) is 0 Å². The molecule has 0 bridgehead atoms. The van der Waals surface area contributed by atoms with Crippen LogP contribution in [0.2, 0.25) is 0 Å². The molecule has 0 unspecified atom stereocenters. The Morgan fingerprint density at radius 3 is 2.48 bits per heavy atom. The Morgan fingerprint density at radius 1 is 0.977 bits per heavy atom. The maximum absolute atomic E-state index is 12.1. The number of aromatic hydroxyl groups is 1. The van der Waals surface area contributed by atoms with E-state index in [-0.39, 0.29) is 17.6 Å². The second-order valence-electron chi connectivity index (χ2n) is 11.7. The maximum Gasteiger partial charge on any atom is 0.246 e. The van der Waals surface area contributed by atoms with Gasteiger partial charge in [-0.1, -0.05) is 30.8 Å². The average Bonchev–Trinajstić information content (AvgIpc) is 3.06. The molecule has 3 aliphatic heterocycles. The molecule has 3 aliphatic rings. The number of carbonyl (C=O) groups excluding carboxylic acids is 2. The molecule has 0 saturated carbocycles. The third-order valence-corrected chi connectivity index (χ3v) is 9.00. The van der Waals surface area contributed by atoms with Gasteiger partial charge in [-0.25, -0.2) is 9.97 Å². The molecule has 0 radical (unpaired) electrons. The molecule has 11 heteroatoms. The number of amides is 2. The van der Waals surface area contributed by atoms with Gasteiger partial charge in [0.1, 0.15) is 12.1 Å². The number of aromatic nitrogens is 2. The van der Waals surface area contributed by atoms with E-state index in [1.807, 2.05) is 28.0 Å². The zero-order valence-electron chi connectivity index (χ0n) is 25.5. The molecule has 2 aromatic carbocycles. The van der Waals surface area contributed by atoms with Crippen LogP contribution in [0.5, 0.6) is 11.5 Å². The summed E-state index contributed by atoms with van der Waals surface area (Å²) in [5.74, 6) is 1.69. The zero-order chi connectivity index (χ0) is 30.6. The minimum Gasteiger partial charge on any atom is -0.504 e. The van der Waals surface area contributed by atoms with Gasteiger partial charge >= 0.3 is 0 Å². The van der Waals surface area contributed by atoms with E-state index in [4.69, 9.17) is 9.72 Å². The molecule has 44 heavy (non-hydrogen) atoms. The van der Waals surface area contributed by atoms with Gasteiger partial charge in [0.2, 0.25) is 11.8 Å². The number of carbonyl (C=O) groups is 2. The summed E-state index contributed by atoms with van der Waals surface area (Å²) in [4.78, 5) is 43.7. The van der Waals surface area contributed by atoms with Gasteiger partial charge < -0.3 is 29.4 Å². The van der Waals surface area contributed by atoms with Crippen molar-refractivity contribution in [3.05, 3.63) is 60.6 Å². The van der Waals surface area contributed by atoms with Crippen LogP contribution in [0.15, 0.2) is 49.3 Å². The number of phenolic OH excluding ortho intramolecular Hbond substituents is 1. The van der Waals surface area contributed by atoms with E-state index in [0.29, 0.717) is 45.1 Å². The summed E-state index contributed by atoms with van der Waals surface area (Å²) in [6, 6.07) is 9.87. The molecule has 2 amide bonds. The Morgan fingerprint density at radius 2 is 1.73 bits per heavy atom. The van der Waals surface area contributed by atoms with Crippen LogP contribution >= 0.6 is 0 Å². The van der Waals surface area contributed by atoms with E-state index in [1.165, 1.54) is 6.08 Å². The van der Waals surface area contributed by atoms with E-state index >= 15 is 0 Å². The minimum absolute atomic E-state index is 0.0335. The molecule has 2 saturated heterocycles. The molecule has 1 aromatic heterocycles. The summed E-state index contributed by atoms with van der Waals surface area (Å²) in [7, 11) is 0. The first kappa shape index (κ1) is 29.7. The van der Waals surface area contributed by atoms with Crippen molar-refractivity contribution in [3.8, 4) is 11.5 Å². The number of hydrogen-bond acceptors (Lipinski definition) is 9. The highest BCUT2D eigenvalue weighted by Gasteiger charge is 2.29. The largest absolute Gasteiger partial charge is 0.504 e. The number of anilines is 2. The Labute approximate surface area is 258 Å². The summed E-state index contributed by atoms with van der Waals surface area (Å²) < 4.78 is 6.36. The lowest BCUT2D eigenvalue weighted by atomic mass is 10.0. The Balaban J connectivity index is 1.18. The number of fused-ring (bicyclic) bond motifs is 2. The lowest BCUT2D eigenvalue weighted by Crippen LogP contribution is -2.49. The second kappa shape index (κ2) is 13.1.